The molecule has 2 aromatic carbocycles. The fraction of sp³-hybridized carbons (Fsp3) is 0.217. The Kier molecular flexibility index (Phi) is 7.27. The van der Waals surface area contributed by atoms with Gasteiger partial charge in [-0.3, -0.25) is 14.6 Å². The summed E-state index contributed by atoms with van der Waals surface area (Å²) in [5.41, 5.74) is 1.88. The average Bonchev–Trinajstić information content (AvgIpc) is 2.77. The molecule has 0 radical (unpaired) electrons. The highest BCUT2D eigenvalue weighted by Crippen LogP contribution is 2.22. The van der Waals surface area contributed by atoms with Crippen LogP contribution in [0.1, 0.15) is 16.1 Å². The smallest absolute Gasteiger partial charge is 0.340 e. The first-order valence-corrected chi connectivity index (χ1v) is 10.1. The highest BCUT2D eigenvalue weighted by Gasteiger charge is 2.18. The van der Waals surface area contributed by atoms with Crippen LogP contribution in [-0.4, -0.2) is 55.0 Å². The molecule has 2 amide bonds. The molecule has 0 aliphatic rings. The molecule has 9 heteroatoms. The molecule has 0 bridgehead atoms. The second-order valence-electron chi connectivity index (χ2n) is 7.03. The van der Waals surface area contributed by atoms with Gasteiger partial charge in [-0.25, -0.2) is 4.79 Å². The van der Waals surface area contributed by atoms with E-state index in [0.29, 0.717) is 33.1 Å². The van der Waals surface area contributed by atoms with Gasteiger partial charge in [-0.05, 0) is 43.3 Å². The lowest BCUT2D eigenvalue weighted by molar-refractivity contribution is -0.136. The van der Waals surface area contributed by atoms with Gasteiger partial charge < -0.3 is 19.7 Å². The third kappa shape index (κ3) is 5.53. The van der Waals surface area contributed by atoms with Crippen molar-refractivity contribution in [3.63, 3.8) is 0 Å². The first-order chi connectivity index (χ1) is 15.3. The average molecular weight is 456 g/mol. The number of anilines is 1. The van der Waals surface area contributed by atoms with Crippen LogP contribution in [-0.2, 0) is 14.3 Å². The second kappa shape index (κ2) is 10.1. The molecule has 0 saturated carbocycles. The predicted molar refractivity (Wildman–Crippen MR) is 121 cm³/mol. The number of carbonyl (C=O) groups is 3. The summed E-state index contributed by atoms with van der Waals surface area (Å²) in [4.78, 5) is 42.6. The number of carbonyl (C=O) groups excluding carboxylic acids is 3. The summed E-state index contributed by atoms with van der Waals surface area (Å²) < 4.78 is 10.4. The molecule has 8 nitrogen and oxygen atoms in total. The minimum Gasteiger partial charge on any atom is -0.497 e. The van der Waals surface area contributed by atoms with Crippen molar-refractivity contribution in [3.8, 4) is 5.75 Å². The second-order valence-corrected chi connectivity index (χ2v) is 7.44. The molecule has 1 heterocycles. The molecule has 3 rings (SSSR count). The summed E-state index contributed by atoms with van der Waals surface area (Å²) in [6.45, 7) is 0.954. The van der Waals surface area contributed by atoms with Gasteiger partial charge in [0.15, 0.2) is 6.61 Å². The number of para-hydroxylation sites is 1. The number of esters is 1. The van der Waals surface area contributed by atoms with Crippen molar-refractivity contribution in [2.75, 3.05) is 32.6 Å². The lowest BCUT2D eigenvalue weighted by Gasteiger charge is -2.17. The molecule has 1 aromatic heterocycles. The van der Waals surface area contributed by atoms with Crippen molar-refractivity contribution in [3.05, 3.63) is 64.8 Å². The summed E-state index contributed by atoms with van der Waals surface area (Å²) in [5.74, 6) is -0.999. The number of fused-ring (bicyclic) bond motifs is 1. The van der Waals surface area contributed by atoms with Crippen LogP contribution in [0.4, 0.5) is 5.69 Å². The highest BCUT2D eigenvalue weighted by molar-refractivity contribution is 6.33. The van der Waals surface area contributed by atoms with Gasteiger partial charge in [-0.15, -0.1) is 0 Å². The van der Waals surface area contributed by atoms with Crippen LogP contribution in [0.3, 0.4) is 0 Å². The molecule has 32 heavy (non-hydrogen) atoms. The summed E-state index contributed by atoms with van der Waals surface area (Å²) in [6, 6.07) is 13.7. The maximum absolute atomic E-state index is 12.5. The lowest BCUT2D eigenvalue weighted by Crippen LogP contribution is -2.37. The predicted octanol–water partition coefficient (Wildman–Crippen LogP) is 3.46. The fourth-order valence-electron chi connectivity index (χ4n) is 2.96. The maximum atomic E-state index is 12.5. The highest BCUT2D eigenvalue weighted by atomic mass is 35.5. The fourth-order valence-corrected chi connectivity index (χ4v) is 3.14. The first-order valence-electron chi connectivity index (χ1n) is 9.69. The van der Waals surface area contributed by atoms with Crippen molar-refractivity contribution in [2.24, 2.45) is 0 Å². The van der Waals surface area contributed by atoms with E-state index in [1.807, 2.05) is 0 Å². The van der Waals surface area contributed by atoms with E-state index in [1.54, 1.807) is 62.6 Å². The molecule has 0 spiro atoms. The molecule has 0 aliphatic carbocycles. The Morgan fingerprint density at radius 2 is 1.88 bits per heavy atom. The van der Waals surface area contributed by atoms with E-state index in [2.05, 4.69) is 10.3 Å². The number of amides is 2. The topological polar surface area (TPSA) is 97.8 Å². The maximum Gasteiger partial charge on any atom is 0.340 e. The van der Waals surface area contributed by atoms with Crippen molar-refractivity contribution in [1.29, 1.82) is 0 Å². The quantitative estimate of drug-likeness (QED) is 0.548. The SMILES string of the molecule is COc1ccc2nc(C)c(C(=O)OCC(=O)N(C)CC(=O)Nc3ccccc3Cl)cc2c1. The summed E-state index contributed by atoms with van der Waals surface area (Å²) >= 11 is 6.01. The Hall–Kier alpha value is -3.65. The van der Waals surface area contributed by atoms with Crippen LogP contribution in [0.5, 0.6) is 5.75 Å². The molecule has 0 saturated heterocycles. The third-order valence-electron chi connectivity index (χ3n) is 4.71. The van der Waals surface area contributed by atoms with E-state index in [9.17, 15) is 14.4 Å². The van der Waals surface area contributed by atoms with Gasteiger partial charge in [0.2, 0.25) is 5.91 Å². The number of methoxy groups -OCH3 is 1. The minimum absolute atomic E-state index is 0.224. The van der Waals surface area contributed by atoms with E-state index in [-0.39, 0.29) is 12.1 Å². The third-order valence-corrected chi connectivity index (χ3v) is 5.04. The Morgan fingerprint density at radius 3 is 2.59 bits per heavy atom. The zero-order valence-corrected chi connectivity index (χ0v) is 18.6. The zero-order valence-electron chi connectivity index (χ0n) is 17.8. The van der Waals surface area contributed by atoms with Crippen molar-refractivity contribution >= 4 is 46.0 Å². The number of benzene rings is 2. The van der Waals surface area contributed by atoms with Gasteiger partial charge in [-0.2, -0.15) is 0 Å². The Labute approximate surface area is 190 Å². The van der Waals surface area contributed by atoms with Gasteiger partial charge in [0.1, 0.15) is 5.75 Å². The standard InChI is InChI=1S/C23H22ClN3O5/c1-14-17(11-15-10-16(31-3)8-9-19(15)25-14)23(30)32-13-22(29)27(2)12-21(28)26-20-7-5-4-6-18(20)24/h4-11H,12-13H2,1-3H3,(H,26,28). The van der Waals surface area contributed by atoms with Crippen LogP contribution in [0.25, 0.3) is 10.9 Å². The number of hydrogen-bond acceptors (Lipinski definition) is 6. The molecule has 3 aromatic rings. The van der Waals surface area contributed by atoms with Crippen LogP contribution < -0.4 is 10.1 Å². The molecule has 0 aliphatic heterocycles. The Morgan fingerprint density at radius 1 is 1.12 bits per heavy atom. The number of aromatic nitrogens is 1. The van der Waals surface area contributed by atoms with E-state index in [4.69, 9.17) is 21.1 Å². The van der Waals surface area contributed by atoms with Gasteiger partial charge in [-0.1, -0.05) is 23.7 Å². The van der Waals surface area contributed by atoms with Crippen LogP contribution >= 0.6 is 11.6 Å². The number of nitrogens with zero attached hydrogens (tertiary/aromatic N) is 2. The van der Waals surface area contributed by atoms with Gasteiger partial charge in [0.05, 0.1) is 41.1 Å². The molecule has 0 unspecified atom stereocenters. The van der Waals surface area contributed by atoms with E-state index in [0.717, 1.165) is 4.90 Å². The minimum atomic E-state index is -0.679. The zero-order chi connectivity index (χ0) is 23.3. The van der Waals surface area contributed by atoms with Crippen LogP contribution in [0.2, 0.25) is 5.02 Å². The van der Waals surface area contributed by atoms with Crippen LogP contribution in [0.15, 0.2) is 48.5 Å². The molecular weight excluding hydrogens is 434 g/mol. The number of aryl methyl sites for hydroxylation is 1. The number of nitrogens with one attached hydrogen (secondary N) is 1. The number of hydrogen-bond donors (Lipinski definition) is 1. The summed E-state index contributed by atoms with van der Waals surface area (Å²) in [6.07, 6.45) is 0. The van der Waals surface area contributed by atoms with Gasteiger partial charge in [0, 0.05) is 12.4 Å². The van der Waals surface area contributed by atoms with Gasteiger partial charge in [0.25, 0.3) is 5.91 Å². The monoisotopic (exact) mass is 455 g/mol. The number of pyridine rings is 1. The largest absolute Gasteiger partial charge is 0.497 e. The molecule has 0 fully saturated rings. The number of halogens is 1. The molecule has 166 valence electrons. The normalized spacial score (nSPS) is 10.5. The first kappa shape index (κ1) is 23.0. The van der Waals surface area contributed by atoms with E-state index < -0.39 is 24.4 Å². The number of ether oxygens (including phenoxy) is 2. The van der Waals surface area contributed by atoms with Crippen LogP contribution in [0, 0.1) is 6.92 Å². The van der Waals surface area contributed by atoms with E-state index in [1.165, 1.54) is 7.05 Å². The molecule has 0 atom stereocenters. The van der Waals surface area contributed by atoms with Crippen molar-refractivity contribution in [1.82, 2.24) is 9.88 Å². The summed E-state index contributed by atoms with van der Waals surface area (Å²) in [7, 11) is 2.99. The molecule has 1 N–H and O–H groups in total. The van der Waals surface area contributed by atoms with Crippen molar-refractivity contribution in [2.45, 2.75) is 6.92 Å². The Balaban J connectivity index is 1.59. The molecular formula is C23H22ClN3O5. The number of likely N-dealkylation sites (N-methyl/N-ethyl adjacent to an activating group) is 1. The van der Waals surface area contributed by atoms with Crippen molar-refractivity contribution < 1.29 is 23.9 Å². The lowest BCUT2D eigenvalue weighted by atomic mass is 10.1. The number of rotatable bonds is 7. The van der Waals surface area contributed by atoms with E-state index >= 15 is 0 Å². The summed E-state index contributed by atoms with van der Waals surface area (Å²) in [5, 5.41) is 3.73. The Bertz CT molecular complexity index is 1180. The van der Waals surface area contributed by atoms with Gasteiger partial charge >= 0.3 is 5.97 Å².